The molecular formula is C110H177F6NO19S3. The summed E-state index contributed by atoms with van der Waals surface area (Å²) in [6.45, 7) is 44.2. The van der Waals surface area contributed by atoms with Gasteiger partial charge in [0.2, 0.25) is 6.10 Å². The van der Waals surface area contributed by atoms with Crippen LogP contribution < -0.4 is 4.74 Å². The molecule has 139 heavy (non-hydrogen) atoms. The number of alkyl halides is 6. The fourth-order valence-electron chi connectivity index (χ4n) is 13.0. The van der Waals surface area contributed by atoms with Crippen LogP contribution in [0.5, 0.6) is 17.2 Å². The van der Waals surface area contributed by atoms with Gasteiger partial charge in [-0.15, -0.1) is 0 Å². The number of rotatable bonds is 22. The molecular weight excluding hydrogens is 1850 g/mol. The van der Waals surface area contributed by atoms with Crippen LogP contribution in [0.1, 0.15) is 361 Å². The highest BCUT2D eigenvalue weighted by Crippen LogP contribution is 2.58. The lowest BCUT2D eigenvalue weighted by atomic mass is 9.75. The number of aromatic hydroxyl groups is 2. The zero-order valence-corrected chi connectivity index (χ0v) is 79.5. The Morgan fingerprint density at radius 1 is 0.475 bits per heavy atom. The van der Waals surface area contributed by atoms with E-state index in [9.17, 15) is 67.2 Å². The van der Waals surface area contributed by atoms with Gasteiger partial charge in [-0.3, -0.25) is 14.4 Å². The van der Waals surface area contributed by atoms with Crippen LogP contribution in [0.15, 0.2) is 197 Å². The number of carbonyl (C=O) groups is 5. The lowest BCUT2D eigenvalue weighted by molar-refractivity contribution is -0.244. The Kier molecular flexibility index (Phi) is 62.4. The molecule has 4 aliphatic heterocycles. The molecule has 7 aromatic rings. The van der Waals surface area contributed by atoms with Crippen molar-refractivity contribution in [1.29, 1.82) is 0 Å². The third-order valence-electron chi connectivity index (χ3n) is 23.8. The fraction of sp³-hybridized carbons (Fsp3) is 0.573. The average Bonchev–Trinajstić information content (AvgIpc) is 0.914. The van der Waals surface area contributed by atoms with Crippen molar-refractivity contribution in [1.82, 2.24) is 0 Å². The van der Waals surface area contributed by atoms with Crippen molar-refractivity contribution in [3.8, 4) is 17.2 Å². The summed E-state index contributed by atoms with van der Waals surface area (Å²) in [5.74, 6) is -4.68. The second-order valence-corrected chi connectivity index (χ2v) is 41.1. The third-order valence-corrected chi connectivity index (χ3v) is 29.4. The lowest BCUT2D eigenvalue weighted by Crippen LogP contribution is -2.64. The number of esters is 5. The molecule has 12 rings (SSSR count). The number of benzene rings is 7. The Morgan fingerprint density at radius 3 is 1.22 bits per heavy atom. The zero-order chi connectivity index (χ0) is 95.4. The van der Waals surface area contributed by atoms with Crippen LogP contribution in [-0.4, -0.2) is 115 Å². The molecule has 29 heteroatoms. The Labute approximate surface area is 838 Å². The maximum Gasteiger partial charge on any atom is 0.399 e. The predicted molar refractivity (Wildman–Crippen MR) is 560 cm³/mol. The second-order valence-electron chi connectivity index (χ2n) is 35.6. The molecule has 0 bridgehead atoms. The Bertz CT molecular complexity index is 4790. The van der Waals surface area contributed by atoms with E-state index >= 15 is 0 Å². The first-order valence-corrected chi connectivity index (χ1v) is 47.3. The fourth-order valence-corrected chi connectivity index (χ4v) is 17.8. The number of fused-ring (bicyclic) bond motifs is 3. The van der Waals surface area contributed by atoms with Gasteiger partial charge >= 0.3 is 46.3 Å². The molecule has 0 amide bonds. The number of halogens is 6. The van der Waals surface area contributed by atoms with Crippen LogP contribution in [0.25, 0.3) is 4.13 Å². The van der Waals surface area contributed by atoms with Gasteiger partial charge in [-0.2, -0.15) is 26.3 Å². The minimum Gasteiger partial charge on any atom is -0.508 e. The quantitative estimate of drug-likeness (QED) is 0.0210. The van der Waals surface area contributed by atoms with Crippen LogP contribution in [0.4, 0.5) is 26.3 Å². The highest BCUT2D eigenvalue weighted by atomic mass is 32.3. The van der Waals surface area contributed by atoms with E-state index < -0.39 is 95.7 Å². The molecule has 9 atom stereocenters. The van der Waals surface area contributed by atoms with Crippen LogP contribution in [0.2, 0.25) is 0 Å². The molecule has 20 nitrogen and oxygen atoms in total. The average molecular weight is 2030 g/mol. The molecule has 1 saturated carbocycles. The first kappa shape index (κ1) is 143. The van der Waals surface area contributed by atoms with E-state index in [0.29, 0.717) is 52.9 Å². The number of carbonyl (C=O) groups excluding carboxylic acids is 5. The highest BCUT2D eigenvalue weighted by molar-refractivity contribution is 8.13. The molecule has 4 heterocycles. The Morgan fingerprint density at radius 2 is 0.835 bits per heavy atom. The summed E-state index contributed by atoms with van der Waals surface area (Å²) in [4.78, 5) is 64.6. The molecule has 796 valence electrons. The first-order chi connectivity index (χ1) is 59.0. The van der Waals surface area contributed by atoms with Crippen LogP contribution >= 0.6 is 0 Å². The molecule has 5 aliphatic rings. The van der Waals surface area contributed by atoms with Crippen LogP contribution in [-0.2, 0) is 83.3 Å². The van der Waals surface area contributed by atoms with E-state index in [-0.39, 0.29) is 135 Å². The predicted octanol–water partition coefficient (Wildman–Crippen LogP) is 31.6. The maximum atomic E-state index is 12.6. The molecule has 7 aromatic carbocycles. The maximum absolute atomic E-state index is 12.6. The number of phenolic OH excluding ortho intramolecular Hbond substituents is 2. The van der Waals surface area contributed by atoms with Gasteiger partial charge in [0.15, 0.2) is 59.0 Å². The lowest BCUT2D eigenvalue weighted by Gasteiger charge is -2.42. The third kappa shape index (κ3) is 37.8. The van der Waals surface area contributed by atoms with Gasteiger partial charge in [0.25, 0.3) is 0 Å². The number of ether oxygens (including phenoxy) is 8. The number of sulfonamides is 2. The summed E-state index contributed by atoms with van der Waals surface area (Å²) < 4.78 is 162. The summed E-state index contributed by atoms with van der Waals surface area (Å²) in [5.41, 5.74) is 4.90. The molecule has 0 aromatic heterocycles. The summed E-state index contributed by atoms with van der Waals surface area (Å²) >= 11 is 0. The van der Waals surface area contributed by atoms with E-state index in [2.05, 4.69) is 123 Å². The van der Waals surface area contributed by atoms with Gasteiger partial charge in [0, 0.05) is 0 Å². The van der Waals surface area contributed by atoms with Gasteiger partial charge in [-0.25, -0.2) is 26.4 Å². The van der Waals surface area contributed by atoms with Crippen molar-refractivity contribution in [3.05, 3.63) is 219 Å². The first-order valence-electron chi connectivity index (χ1n) is 43.2. The van der Waals surface area contributed by atoms with E-state index in [1.165, 1.54) is 62.6 Å². The van der Waals surface area contributed by atoms with Crippen LogP contribution in [0.3, 0.4) is 0 Å². The van der Waals surface area contributed by atoms with Crippen molar-refractivity contribution in [3.63, 3.8) is 0 Å². The zero-order valence-electron chi connectivity index (χ0n) is 77.0. The number of hydrogen-bond donors (Lipinski definition) is 2. The van der Waals surface area contributed by atoms with E-state index in [1.54, 1.807) is 52.0 Å². The van der Waals surface area contributed by atoms with Crippen molar-refractivity contribution in [2.24, 2.45) is 28.1 Å². The van der Waals surface area contributed by atoms with E-state index in [4.69, 9.17) is 48.1 Å². The summed E-state index contributed by atoms with van der Waals surface area (Å²) in [5, 5.41) is 5.43. The number of aryl methyl sites for hydroxylation is 1. The van der Waals surface area contributed by atoms with E-state index in [1.807, 2.05) is 159 Å². The second kappa shape index (κ2) is 60.6. The largest absolute Gasteiger partial charge is 0.508 e. The van der Waals surface area contributed by atoms with Crippen molar-refractivity contribution >= 4 is 60.8 Å². The van der Waals surface area contributed by atoms with Gasteiger partial charge in [0.05, 0.1) is 32.7 Å². The summed E-state index contributed by atoms with van der Waals surface area (Å²) in [6.07, 6.45) is 6.83. The monoisotopic (exact) mass is 2030 g/mol. The van der Waals surface area contributed by atoms with Gasteiger partial charge in [-0.05, 0) is 271 Å². The summed E-state index contributed by atoms with van der Waals surface area (Å²) in [6, 6.07) is 59.5. The summed E-state index contributed by atoms with van der Waals surface area (Å²) in [7, 11) is -13.4. The van der Waals surface area contributed by atoms with Gasteiger partial charge in [0.1, 0.15) is 35.1 Å². The van der Waals surface area contributed by atoms with Crippen molar-refractivity contribution in [2.45, 2.75) is 403 Å². The standard InChI is InChI=1S/C29H27O2S.C16H30O2.C15H22O7.C15H22O2.2C10H14O.C3F6NO4S2.12CH4/c1-3-22(2)23-14-16-24(17-15-23)29(30)31-25-18-20-28(21-19-25)32(26-10-6-4-7-11-26)27-12-8-5-9-13-27;1-7-15(3,4)14(17)18-16(5,6)13-10-8-12(2)9-11-13;1-6-14(2,3)13(17)20-9-7-8(18-11(9)16)10-12(19-7)22-15(4,5)21-10;1-6-15(4,5)14(16)17-12(3)13-9-7-11(2)8-10-13;2*1-3-8(2)9-4-6-10(11)7-5-9;4-1(5)2(6,7)15(11,12)10-16(13,14)3(1,8)9;;;;;;;;;;;;/h4-22H,3H2,1-2H3;12-13H,7-11H2,1-6H3;7-10,12H,6H2,1-5H3;7-10,12H,6H2,1-5H3;2*4-8,11H,3H2,1-2H3;;12*1H4/q+1;;;;;;-1;;;;;;;;;;;;. The number of nitrogens with zero attached hydrogens (tertiary/aromatic N) is 1. The number of hydrogen-bond acceptors (Lipinski definition) is 19. The minimum absolute atomic E-state index is 0. The highest BCUT2D eigenvalue weighted by Gasteiger charge is 2.82. The SMILES string of the molecule is C.C.C.C.C.C.C.C.C.C.C.C.CCC(C)(C)C(=O)OC(C)(C)C1CCC(C)CC1.CCC(C)(C)C(=O)OC(C)c1ccc(C)cc1.CCC(C)(C)C(=O)OC1C(=O)OC2C3OC(C)(C)OC3OC12.CCC(C)c1ccc(C(=O)Oc2ccc([S+](c3ccccc3)c3ccccc3)cc2)cc1.CCC(C)c1ccc(O)cc1.CCC(C)c1ccc(O)cc1.O=S1(=O)[N-]S(=O)(=O)C(F)(F)C(F)(F)C1(F)F. The van der Waals surface area contributed by atoms with Crippen LogP contribution in [0, 0.1) is 35.0 Å². The molecule has 0 spiro atoms. The Balaban J connectivity index is -0.000000296. The van der Waals surface area contributed by atoms with Crippen molar-refractivity contribution < 1.29 is 115 Å². The van der Waals surface area contributed by atoms with E-state index in [0.717, 1.165) is 47.7 Å². The number of phenols is 2. The molecule has 2 N–H and O–H groups in total. The van der Waals surface area contributed by atoms with Crippen molar-refractivity contribution in [2.75, 3.05) is 0 Å². The molecule has 9 unspecified atom stereocenters. The molecule has 5 fully saturated rings. The smallest absolute Gasteiger partial charge is 0.399 e. The normalized spacial score (nSPS) is 19.8. The van der Waals surface area contributed by atoms with Gasteiger partial charge in [-0.1, -0.05) is 274 Å². The van der Waals surface area contributed by atoms with Gasteiger partial charge < -0.3 is 52.2 Å². The minimum atomic E-state index is -6.60. The Hall–Kier alpha value is -8.84. The topological polar surface area (TPSA) is 282 Å². The molecule has 0 radical (unpaired) electrons. The molecule has 1 aliphatic carbocycles. The molecule has 4 saturated heterocycles.